The van der Waals surface area contributed by atoms with Gasteiger partial charge in [-0.1, -0.05) is 12.1 Å². The van der Waals surface area contributed by atoms with E-state index in [1.165, 1.54) is 19.4 Å². The minimum Gasteiger partial charge on any atom is -0.465 e. The maximum absolute atomic E-state index is 12.3. The van der Waals surface area contributed by atoms with Gasteiger partial charge in [0.25, 0.3) is 0 Å². The second-order valence-electron chi connectivity index (χ2n) is 8.32. The molecule has 2 aromatic rings. The Hall–Kier alpha value is -3.89. The normalized spacial score (nSPS) is 13.9. The monoisotopic (exact) mass is 458 g/mol. The van der Waals surface area contributed by atoms with Crippen molar-refractivity contribution in [1.82, 2.24) is 9.88 Å². The summed E-state index contributed by atoms with van der Waals surface area (Å²) >= 11 is 0. The third-order valence-corrected chi connectivity index (χ3v) is 4.79. The first-order valence-electron chi connectivity index (χ1n) is 10.3. The highest BCUT2D eigenvalue weighted by Crippen LogP contribution is 2.33. The van der Waals surface area contributed by atoms with Crippen LogP contribution in [0.2, 0.25) is 0 Å². The minimum absolute atomic E-state index is 0.214. The number of hydrogen-bond acceptors (Lipinski definition) is 9. The van der Waals surface area contributed by atoms with E-state index in [-0.39, 0.29) is 28.6 Å². The second-order valence-corrected chi connectivity index (χ2v) is 8.32. The molecule has 0 atom stereocenters. The maximum Gasteiger partial charge on any atom is 0.410 e. The van der Waals surface area contributed by atoms with E-state index < -0.39 is 22.6 Å². The van der Waals surface area contributed by atoms with E-state index in [2.05, 4.69) is 4.98 Å². The van der Waals surface area contributed by atoms with E-state index in [0.717, 1.165) is 0 Å². The number of carbonyl (C=O) groups excluding carboxylic acids is 2. The molecule has 0 N–H and O–H groups in total. The van der Waals surface area contributed by atoms with Crippen LogP contribution in [-0.2, 0) is 9.47 Å². The van der Waals surface area contributed by atoms with Gasteiger partial charge < -0.3 is 34.1 Å². The number of benzene rings is 1. The summed E-state index contributed by atoms with van der Waals surface area (Å²) < 4.78 is 16.0. The van der Waals surface area contributed by atoms with Crippen LogP contribution in [0.15, 0.2) is 36.5 Å². The van der Waals surface area contributed by atoms with Crippen LogP contribution in [0.1, 0.15) is 31.1 Å². The van der Waals surface area contributed by atoms with Crippen LogP contribution in [-0.4, -0.2) is 65.8 Å². The standard InChI is InChI=1S/C22H26N4O7/c1-22(2,3)33-21(28)25-11-9-24(10-12-25)17-13-15(14-23-19(17)26(29)30)32-18-8-6-5-7-16(18)20(27)31-4/h5-8,13-14H,9-12H2,1-4H3. The highest BCUT2D eigenvalue weighted by Gasteiger charge is 2.30. The average Bonchev–Trinajstić information content (AvgIpc) is 2.77. The maximum atomic E-state index is 12.3. The molecule has 2 heterocycles. The van der Waals surface area contributed by atoms with Crippen molar-refractivity contribution in [3.8, 4) is 11.5 Å². The highest BCUT2D eigenvalue weighted by atomic mass is 16.6. The van der Waals surface area contributed by atoms with Crippen molar-refractivity contribution in [1.29, 1.82) is 0 Å². The molecule has 0 spiro atoms. The molecule has 0 saturated carbocycles. The molecule has 0 radical (unpaired) electrons. The van der Waals surface area contributed by atoms with Crippen LogP contribution >= 0.6 is 0 Å². The number of anilines is 1. The van der Waals surface area contributed by atoms with Crippen molar-refractivity contribution in [2.24, 2.45) is 0 Å². The number of nitrogens with zero attached hydrogens (tertiary/aromatic N) is 4. The molecule has 11 nitrogen and oxygen atoms in total. The lowest BCUT2D eigenvalue weighted by Crippen LogP contribution is -2.50. The average molecular weight is 458 g/mol. The summed E-state index contributed by atoms with van der Waals surface area (Å²) in [5.41, 5.74) is -0.133. The molecule has 1 aromatic carbocycles. The van der Waals surface area contributed by atoms with Gasteiger partial charge in [-0.05, 0) is 42.8 Å². The fourth-order valence-electron chi connectivity index (χ4n) is 3.27. The number of ether oxygens (including phenoxy) is 3. The number of esters is 1. The molecule has 1 aliphatic rings. The number of piperazine rings is 1. The molecule has 0 unspecified atom stereocenters. The number of aromatic nitrogens is 1. The van der Waals surface area contributed by atoms with Crippen LogP contribution in [0.25, 0.3) is 0 Å². The summed E-state index contributed by atoms with van der Waals surface area (Å²) in [5.74, 6) is -0.435. The molecule has 1 aromatic heterocycles. The smallest absolute Gasteiger partial charge is 0.410 e. The summed E-state index contributed by atoms with van der Waals surface area (Å²) in [6, 6.07) is 8.01. The van der Waals surface area contributed by atoms with Crippen molar-refractivity contribution in [2.45, 2.75) is 26.4 Å². The Morgan fingerprint density at radius 3 is 2.39 bits per heavy atom. The third kappa shape index (κ3) is 5.88. The van der Waals surface area contributed by atoms with Gasteiger partial charge in [-0.3, -0.25) is 0 Å². The van der Waals surface area contributed by atoms with Gasteiger partial charge in [0.2, 0.25) is 0 Å². The third-order valence-electron chi connectivity index (χ3n) is 4.79. The highest BCUT2D eigenvalue weighted by molar-refractivity contribution is 5.92. The van der Waals surface area contributed by atoms with Crippen LogP contribution < -0.4 is 9.64 Å². The van der Waals surface area contributed by atoms with Gasteiger partial charge in [0.05, 0.1) is 7.11 Å². The van der Waals surface area contributed by atoms with Gasteiger partial charge in [-0.15, -0.1) is 0 Å². The molecule has 0 aliphatic carbocycles. The number of methoxy groups -OCH3 is 1. The van der Waals surface area contributed by atoms with Gasteiger partial charge in [-0.25, -0.2) is 9.59 Å². The van der Waals surface area contributed by atoms with Crippen molar-refractivity contribution >= 4 is 23.6 Å². The molecule has 11 heteroatoms. The Labute approximate surface area is 191 Å². The molecule has 33 heavy (non-hydrogen) atoms. The number of para-hydroxylation sites is 1. The number of nitro groups is 1. The van der Waals surface area contributed by atoms with Crippen LogP contribution in [0.4, 0.5) is 16.3 Å². The second kappa shape index (κ2) is 9.72. The first-order valence-corrected chi connectivity index (χ1v) is 10.3. The summed E-state index contributed by atoms with van der Waals surface area (Å²) in [5, 5.41) is 11.6. The lowest BCUT2D eigenvalue weighted by atomic mass is 10.2. The molecule has 3 rings (SSSR count). The SMILES string of the molecule is COC(=O)c1ccccc1Oc1cnc([N+](=O)[O-])c(N2CCN(C(=O)OC(C)(C)C)CC2)c1. The zero-order chi connectivity index (χ0) is 24.2. The van der Waals surface area contributed by atoms with E-state index in [9.17, 15) is 19.7 Å². The topological polar surface area (TPSA) is 124 Å². The fraction of sp³-hybridized carbons (Fsp3) is 0.409. The van der Waals surface area contributed by atoms with Gasteiger partial charge in [0, 0.05) is 32.2 Å². The summed E-state index contributed by atoms with van der Waals surface area (Å²) in [4.78, 5) is 42.6. The quantitative estimate of drug-likeness (QED) is 0.375. The van der Waals surface area contributed by atoms with E-state index in [1.807, 2.05) is 0 Å². The van der Waals surface area contributed by atoms with Crippen molar-refractivity contribution in [2.75, 3.05) is 38.2 Å². The van der Waals surface area contributed by atoms with E-state index in [4.69, 9.17) is 14.2 Å². The summed E-state index contributed by atoms with van der Waals surface area (Å²) in [6.07, 6.45) is 0.804. The first kappa shape index (κ1) is 23.8. The number of hydrogen-bond donors (Lipinski definition) is 0. The minimum atomic E-state index is -0.608. The van der Waals surface area contributed by atoms with Gasteiger partial charge >= 0.3 is 17.9 Å². The van der Waals surface area contributed by atoms with Crippen molar-refractivity contribution in [3.63, 3.8) is 0 Å². The predicted molar refractivity (Wildman–Crippen MR) is 119 cm³/mol. The zero-order valence-corrected chi connectivity index (χ0v) is 18.9. The summed E-state index contributed by atoms with van der Waals surface area (Å²) in [6.45, 7) is 6.75. The van der Waals surface area contributed by atoms with Crippen LogP contribution in [0.3, 0.4) is 0 Å². The Bertz CT molecular complexity index is 1040. The Morgan fingerprint density at radius 1 is 1.12 bits per heavy atom. The largest absolute Gasteiger partial charge is 0.465 e. The number of amides is 1. The molecule has 176 valence electrons. The molecule has 1 aliphatic heterocycles. The lowest BCUT2D eigenvalue weighted by Gasteiger charge is -2.36. The zero-order valence-electron chi connectivity index (χ0n) is 18.9. The Balaban J connectivity index is 1.81. The molecular weight excluding hydrogens is 432 g/mol. The molecule has 1 amide bonds. The predicted octanol–water partition coefficient (Wildman–Crippen LogP) is 3.63. The Kier molecular flexibility index (Phi) is 7.00. The van der Waals surface area contributed by atoms with Gasteiger partial charge in [0.15, 0.2) is 11.9 Å². The van der Waals surface area contributed by atoms with E-state index in [1.54, 1.807) is 54.8 Å². The molecule has 1 fully saturated rings. The molecular formula is C22H26N4O7. The van der Waals surface area contributed by atoms with Crippen molar-refractivity contribution < 1.29 is 28.7 Å². The van der Waals surface area contributed by atoms with Crippen LogP contribution in [0, 0.1) is 10.1 Å². The Morgan fingerprint density at radius 2 is 1.79 bits per heavy atom. The van der Waals surface area contributed by atoms with E-state index >= 15 is 0 Å². The number of pyridine rings is 1. The molecule has 0 bridgehead atoms. The van der Waals surface area contributed by atoms with Gasteiger partial charge in [-0.2, -0.15) is 0 Å². The van der Waals surface area contributed by atoms with Crippen molar-refractivity contribution in [3.05, 3.63) is 52.2 Å². The number of rotatable bonds is 5. The molecule has 1 saturated heterocycles. The van der Waals surface area contributed by atoms with E-state index in [0.29, 0.717) is 26.2 Å². The fourth-order valence-corrected chi connectivity index (χ4v) is 3.27. The summed E-state index contributed by atoms with van der Waals surface area (Å²) in [7, 11) is 1.27. The van der Waals surface area contributed by atoms with Gasteiger partial charge in [0.1, 0.15) is 22.6 Å². The number of carbonyl (C=O) groups is 2. The lowest BCUT2D eigenvalue weighted by molar-refractivity contribution is -0.388. The first-order chi connectivity index (χ1) is 15.6. The van der Waals surface area contributed by atoms with Crippen LogP contribution in [0.5, 0.6) is 11.5 Å².